The molecule has 38 heavy (non-hydrogen) atoms. The molecule has 0 bridgehead atoms. The summed E-state index contributed by atoms with van der Waals surface area (Å²) >= 11 is 6.03. The van der Waals surface area contributed by atoms with E-state index in [0.717, 1.165) is 12.1 Å². The van der Waals surface area contributed by atoms with Crippen LogP contribution in [0.2, 0.25) is 5.02 Å². The third-order valence-corrected chi connectivity index (χ3v) is 6.55. The quantitative estimate of drug-likeness (QED) is 0.386. The van der Waals surface area contributed by atoms with Gasteiger partial charge >= 0.3 is 12.2 Å². The van der Waals surface area contributed by atoms with Crippen molar-refractivity contribution in [1.29, 1.82) is 0 Å². The number of nitrogens with one attached hydrogen (secondary N) is 1. The van der Waals surface area contributed by atoms with Crippen molar-refractivity contribution in [2.75, 3.05) is 38.6 Å². The lowest BCUT2D eigenvalue weighted by atomic mass is 10.1. The molecule has 0 spiro atoms. The molecular weight excluding hydrogens is 521 g/mol. The number of hydrogen-bond donors (Lipinski definition) is 1. The Bertz CT molecular complexity index is 1400. The topological polar surface area (TPSA) is 66.4 Å². The van der Waals surface area contributed by atoms with E-state index in [1.165, 1.54) is 13.2 Å². The van der Waals surface area contributed by atoms with E-state index in [1.54, 1.807) is 47.4 Å². The van der Waals surface area contributed by atoms with Gasteiger partial charge in [0, 0.05) is 36.9 Å². The number of halogens is 4. The number of anilines is 1. The molecule has 1 N–H and O–H groups in total. The summed E-state index contributed by atoms with van der Waals surface area (Å²) in [5.41, 5.74) is 0.439. The molecule has 1 saturated heterocycles. The summed E-state index contributed by atoms with van der Waals surface area (Å²) < 4.78 is 51.8. The molecule has 2 amide bonds. The fourth-order valence-electron chi connectivity index (χ4n) is 4.40. The molecule has 0 unspecified atom stereocenters. The van der Waals surface area contributed by atoms with E-state index >= 15 is 0 Å². The van der Waals surface area contributed by atoms with Crippen LogP contribution in [0.15, 0.2) is 65.7 Å². The monoisotopic (exact) mass is 544 g/mol. The minimum absolute atomic E-state index is 0.0739. The number of urea groups is 1. The number of nitrogens with zero attached hydrogens (tertiary/aromatic N) is 3. The summed E-state index contributed by atoms with van der Waals surface area (Å²) in [6.45, 7) is 1.81. The van der Waals surface area contributed by atoms with Gasteiger partial charge in [-0.05, 0) is 61.0 Å². The molecule has 11 heteroatoms. The van der Waals surface area contributed by atoms with Crippen molar-refractivity contribution in [3.05, 3.63) is 76.8 Å². The number of carbonyl (C=O) groups excluding carboxylic acids is 1. The van der Waals surface area contributed by atoms with Crippen LogP contribution in [0.25, 0.3) is 0 Å². The minimum Gasteiger partial charge on any atom is -0.497 e. The number of alkyl halides is 3. The van der Waals surface area contributed by atoms with Crippen molar-refractivity contribution in [1.82, 2.24) is 9.80 Å². The van der Waals surface area contributed by atoms with Gasteiger partial charge in [0.15, 0.2) is 5.75 Å². The molecule has 198 valence electrons. The molecule has 0 radical (unpaired) electrons. The lowest BCUT2D eigenvalue weighted by Gasteiger charge is -2.25. The molecule has 5 rings (SSSR count). The number of carbonyl (C=O) groups is 1. The van der Waals surface area contributed by atoms with Crippen molar-refractivity contribution in [3.8, 4) is 17.2 Å². The zero-order chi connectivity index (χ0) is 26.9. The predicted octanol–water partition coefficient (Wildman–Crippen LogP) is 6.79. The fourth-order valence-corrected chi connectivity index (χ4v) is 4.59. The van der Waals surface area contributed by atoms with Gasteiger partial charge in [-0.15, -0.1) is 0 Å². The first kappa shape index (κ1) is 25.7. The zero-order valence-electron chi connectivity index (χ0n) is 20.4. The molecular formula is C27H24ClF3N4O3. The average Bonchev–Trinajstić information content (AvgIpc) is 3.22. The number of amides is 2. The van der Waals surface area contributed by atoms with Crippen LogP contribution < -0.4 is 14.8 Å². The number of benzene rings is 3. The molecule has 0 aliphatic carbocycles. The molecule has 1 fully saturated rings. The van der Waals surface area contributed by atoms with Gasteiger partial charge < -0.3 is 24.6 Å². The summed E-state index contributed by atoms with van der Waals surface area (Å²) in [7, 11) is 1.53. The Kier molecular flexibility index (Phi) is 7.07. The summed E-state index contributed by atoms with van der Waals surface area (Å²) in [5, 5.41) is 3.37. The number of hydrogen-bond acceptors (Lipinski definition) is 5. The van der Waals surface area contributed by atoms with E-state index < -0.39 is 11.7 Å². The second-order valence-corrected chi connectivity index (χ2v) is 9.28. The molecule has 2 aliphatic heterocycles. The summed E-state index contributed by atoms with van der Waals surface area (Å²) in [4.78, 5) is 21.3. The Balaban J connectivity index is 1.45. The molecule has 7 nitrogen and oxygen atoms in total. The highest BCUT2D eigenvalue weighted by molar-refractivity contribution is 6.30. The molecule has 0 aromatic heterocycles. The second kappa shape index (κ2) is 10.4. The van der Waals surface area contributed by atoms with Crippen LogP contribution in [0.4, 0.5) is 29.3 Å². The van der Waals surface area contributed by atoms with Crippen molar-refractivity contribution in [3.63, 3.8) is 0 Å². The zero-order valence-corrected chi connectivity index (χ0v) is 21.1. The molecule has 0 atom stereocenters. The summed E-state index contributed by atoms with van der Waals surface area (Å²) in [6.07, 6.45) is -3.90. The van der Waals surface area contributed by atoms with E-state index in [9.17, 15) is 18.0 Å². The Morgan fingerprint density at radius 1 is 1.03 bits per heavy atom. The van der Waals surface area contributed by atoms with Crippen LogP contribution >= 0.6 is 11.6 Å². The van der Waals surface area contributed by atoms with E-state index in [-0.39, 0.29) is 17.5 Å². The SMILES string of the molecule is COc1ccc2c(c1)C(N1CCCN(C(=O)Nc3cccc(Cl)c3)CC1)=Nc1cc(C(F)(F)F)ccc1O2. The molecule has 0 saturated carbocycles. The van der Waals surface area contributed by atoms with E-state index in [4.69, 9.17) is 21.1 Å². The number of rotatable bonds is 2. The van der Waals surface area contributed by atoms with Crippen molar-refractivity contribution in [2.24, 2.45) is 4.99 Å². The van der Waals surface area contributed by atoms with Gasteiger partial charge in [0.1, 0.15) is 23.0 Å². The summed E-state index contributed by atoms with van der Waals surface area (Å²) in [5.74, 6) is 1.67. The van der Waals surface area contributed by atoms with Crippen LogP contribution in [0.5, 0.6) is 17.2 Å². The summed E-state index contributed by atoms with van der Waals surface area (Å²) in [6, 6.07) is 15.1. The second-order valence-electron chi connectivity index (χ2n) is 8.85. The first-order valence-corrected chi connectivity index (χ1v) is 12.3. The maximum Gasteiger partial charge on any atom is 0.416 e. The lowest BCUT2D eigenvalue weighted by Crippen LogP contribution is -2.39. The Morgan fingerprint density at radius 3 is 2.61 bits per heavy atom. The van der Waals surface area contributed by atoms with Gasteiger partial charge in [0.05, 0.1) is 18.2 Å². The highest BCUT2D eigenvalue weighted by Gasteiger charge is 2.33. The van der Waals surface area contributed by atoms with Crippen LogP contribution in [0, 0.1) is 0 Å². The number of amidine groups is 1. The first-order valence-electron chi connectivity index (χ1n) is 11.9. The van der Waals surface area contributed by atoms with Crippen molar-refractivity contribution >= 4 is 34.8 Å². The van der Waals surface area contributed by atoms with Crippen LogP contribution in [0.1, 0.15) is 17.5 Å². The van der Waals surface area contributed by atoms with E-state index in [1.807, 2.05) is 4.90 Å². The molecule has 2 heterocycles. The molecule has 3 aromatic rings. The predicted molar refractivity (Wildman–Crippen MR) is 139 cm³/mol. The lowest BCUT2D eigenvalue weighted by molar-refractivity contribution is -0.137. The van der Waals surface area contributed by atoms with E-state index in [0.29, 0.717) is 66.2 Å². The van der Waals surface area contributed by atoms with Crippen molar-refractivity contribution in [2.45, 2.75) is 12.6 Å². The van der Waals surface area contributed by atoms with Gasteiger partial charge in [-0.25, -0.2) is 9.79 Å². The van der Waals surface area contributed by atoms with Crippen molar-refractivity contribution < 1.29 is 27.4 Å². The third-order valence-electron chi connectivity index (χ3n) is 6.32. The average molecular weight is 545 g/mol. The standard InChI is InChI=1S/C27H24ClF3N4O3/c1-37-20-7-9-23-21(16-20)25(33-22-14-17(27(29,30)31)6-8-24(22)38-23)34-10-3-11-35(13-12-34)26(36)32-19-5-2-4-18(28)15-19/h2,4-9,14-16H,3,10-13H2,1H3,(H,32,36). The third kappa shape index (κ3) is 5.50. The van der Waals surface area contributed by atoms with Gasteiger partial charge in [-0.2, -0.15) is 13.2 Å². The number of methoxy groups -OCH3 is 1. The minimum atomic E-state index is -4.52. The normalized spacial score (nSPS) is 15.3. The largest absolute Gasteiger partial charge is 0.497 e. The maximum absolute atomic E-state index is 13.5. The highest BCUT2D eigenvalue weighted by atomic mass is 35.5. The van der Waals surface area contributed by atoms with Crippen LogP contribution in [-0.2, 0) is 6.18 Å². The maximum atomic E-state index is 13.5. The Morgan fingerprint density at radius 2 is 1.84 bits per heavy atom. The van der Waals surface area contributed by atoms with Gasteiger partial charge in [-0.3, -0.25) is 0 Å². The van der Waals surface area contributed by atoms with Crippen LogP contribution in [0.3, 0.4) is 0 Å². The van der Waals surface area contributed by atoms with Gasteiger partial charge in [0.2, 0.25) is 0 Å². The van der Waals surface area contributed by atoms with Gasteiger partial charge in [-0.1, -0.05) is 17.7 Å². The van der Waals surface area contributed by atoms with E-state index in [2.05, 4.69) is 10.3 Å². The Labute approximate surface area is 222 Å². The van der Waals surface area contributed by atoms with Gasteiger partial charge in [0.25, 0.3) is 0 Å². The molecule has 2 aliphatic rings. The molecule has 3 aromatic carbocycles. The highest BCUT2D eigenvalue weighted by Crippen LogP contribution is 2.42. The number of aliphatic imine (C=N–C) groups is 1. The fraction of sp³-hybridized carbons (Fsp3) is 0.259. The number of fused-ring (bicyclic) bond motifs is 2. The van der Waals surface area contributed by atoms with Crippen LogP contribution in [-0.4, -0.2) is 55.0 Å². The number of ether oxygens (including phenoxy) is 2. The smallest absolute Gasteiger partial charge is 0.416 e. The first-order chi connectivity index (χ1) is 18.2. The Hall–Kier alpha value is -3.92.